The highest BCUT2D eigenvalue weighted by Gasteiger charge is 2.33. The highest BCUT2D eigenvalue weighted by molar-refractivity contribution is 7.07. The van der Waals surface area contributed by atoms with E-state index in [2.05, 4.69) is 0 Å². The molecule has 0 saturated heterocycles. The van der Waals surface area contributed by atoms with Crippen LogP contribution in [0.1, 0.15) is 42.1 Å². The molecule has 0 spiro atoms. The topological polar surface area (TPSA) is 69.9 Å². The van der Waals surface area contributed by atoms with Gasteiger partial charge in [0.1, 0.15) is 12.4 Å². The average Bonchev–Trinajstić information content (AvgIpc) is 3.31. The summed E-state index contributed by atoms with van der Waals surface area (Å²) in [4.78, 5) is 32.6. The first kappa shape index (κ1) is 27.4. The molecule has 210 valence electrons. The van der Waals surface area contributed by atoms with Gasteiger partial charge in [0.25, 0.3) is 5.56 Å². The van der Waals surface area contributed by atoms with Gasteiger partial charge in [-0.2, -0.15) is 0 Å². The van der Waals surface area contributed by atoms with Crippen molar-refractivity contribution in [1.82, 2.24) is 4.57 Å². The second kappa shape index (κ2) is 11.6. The second-order valence-electron chi connectivity index (χ2n) is 10.2. The molecule has 0 radical (unpaired) electrons. The summed E-state index contributed by atoms with van der Waals surface area (Å²) >= 11 is 1.31. The average molecular weight is 575 g/mol. The number of esters is 1. The van der Waals surface area contributed by atoms with Gasteiger partial charge in [-0.25, -0.2) is 9.79 Å². The van der Waals surface area contributed by atoms with Gasteiger partial charge in [0.15, 0.2) is 4.80 Å². The lowest BCUT2D eigenvalue weighted by Gasteiger charge is -2.24. The largest absolute Gasteiger partial charge is 0.488 e. The zero-order chi connectivity index (χ0) is 29.2. The molecule has 0 N–H and O–H groups in total. The highest BCUT2D eigenvalue weighted by atomic mass is 32.1. The van der Waals surface area contributed by atoms with Crippen molar-refractivity contribution in [2.75, 3.05) is 6.61 Å². The Bertz CT molecular complexity index is 2000. The van der Waals surface area contributed by atoms with E-state index in [4.69, 9.17) is 14.5 Å². The normalized spacial score (nSPS) is 14.9. The highest BCUT2D eigenvalue weighted by Crippen LogP contribution is 2.32. The van der Waals surface area contributed by atoms with Crippen LogP contribution in [0.5, 0.6) is 5.75 Å². The summed E-state index contributed by atoms with van der Waals surface area (Å²) in [6.07, 6.45) is 1.89. The van der Waals surface area contributed by atoms with Crippen LogP contribution < -0.4 is 19.6 Å². The van der Waals surface area contributed by atoms with Gasteiger partial charge in [-0.05, 0) is 54.8 Å². The number of aryl methyl sites for hydroxylation is 1. The van der Waals surface area contributed by atoms with Crippen molar-refractivity contribution < 1.29 is 14.3 Å². The molecule has 0 aliphatic carbocycles. The Labute approximate surface area is 247 Å². The van der Waals surface area contributed by atoms with Crippen molar-refractivity contribution in [1.29, 1.82) is 0 Å². The van der Waals surface area contributed by atoms with Crippen LogP contribution in [0.3, 0.4) is 0 Å². The third-order valence-electron chi connectivity index (χ3n) is 7.35. The summed E-state index contributed by atoms with van der Waals surface area (Å²) in [5.41, 5.74) is 4.48. The standard InChI is InChI=1S/C35H30N2O4S/c1-4-40-34(39)31-23(3)36-35-37(32(31)26-16-14-22(2)15-17-26)33(38)30(42-35)20-28-27-13-9-8-12-25(27)18-19-29(28)41-21-24-10-6-5-7-11-24/h5-20,32H,4,21H2,1-3H3/b30-20-/t32-/m0/s1. The molecular weight excluding hydrogens is 544 g/mol. The van der Waals surface area contributed by atoms with E-state index in [1.165, 1.54) is 11.3 Å². The molecule has 6 nitrogen and oxygen atoms in total. The molecule has 1 aromatic heterocycles. The van der Waals surface area contributed by atoms with E-state index in [-0.39, 0.29) is 12.2 Å². The Kier molecular flexibility index (Phi) is 7.59. The van der Waals surface area contributed by atoms with Gasteiger partial charge in [0.2, 0.25) is 0 Å². The Hall–Kier alpha value is -4.75. The van der Waals surface area contributed by atoms with E-state index in [1.807, 2.05) is 104 Å². The van der Waals surface area contributed by atoms with E-state index in [1.54, 1.807) is 18.4 Å². The Morgan fingerprint density at radius 3 is 2.45 bits per heavy atom. The summed E-state index contributed by atoms with van der Waals surface area (Å²) in [6.45, 7) is 6.20. The monoisotopic (exact) mass is 574 g/mol. The van der Waals surface area contributed by atoms with Crippen LogP contribution in [0, 0.1) is 6.92 Å². The van der Waals surface area contributed by atoms with E-state index < -0.39 is 12.0 Å². The summed E-state index contributed by atoms with van der Waals surface area (Å²) < 4.78 is 13.9. The van der Waals surface area contributed by atoms with E-state index in [0.29, 0.717) is 33.0 Å². The Morgan fingerprint density at radius 1 is 0.952 bits per heavy atom. The van der Waals surface area contributed by atoms with E-state index in [0.717, 1.165) is 33.0 Å². The van der Waals surface area contributed by atoms with Crippen LogP contribution in [0.4, 0.5) is 0 Å². The van der Waals surface area contributed by atoms with Crippen LogP contribution in [-0.2, 0) is 16.1 Å². The van der Waals surface area contributed by atoms with Crippen molar-refractivity contribution in [2.45, 2.75) is 33.4 Å². The molecule has 6 rings (SSSR count). The lowest BCUT2D eigenvalue weighted by atomic mass is 9.95. The summed E-state index contributed by atoms with van der Waals surface area (Å²) in [7, 11) is 0. The fourth-order valence-electron chi connectivity index (χ4n) is 5.27. The second-order valence-corrected chi connectivity index (χ2v) is 11.2. The zero-order valence-electron chi connectivity index (χ0n) is 23.7. The predicted octanol–water partition coefficient (Wildman–Crippen LogP) is 5.84. The third kappa shape index (κ3) is 5.19. The first-order valence-corrected chi connectivity index (χ1v) is 14.7. The number of carbonyl (C=O) groups is 1. The van der Waals surface area contributed by atoms with Crippen LogP contribution >= 0.6 is 11.3 Å². The number of hydrogen-bond donors (Lipinski definition) is 0. The summed E-state index contributed by atoms with van der Waals surface area (Å²) in [5.74, 6) is 0.214. The maximum absolute atomic E-state index is 14.2. The number of aromatic nitrogens is 1. The molecule has 7 heteroatoms. The number of nitrogens with zero attached hydrogens (tertiary/aromatic N) is 2. The number of ether oxygens (including phenoxy) is 2. The number of allylic oxidation sites excluding steroid dienone is 1. The lowest BCUT2D eigenvalue weighted by molar-refractivity contribution is -0.139. The number of rotatable bonds is 7. The molecule has 0 fully saturated rings. The van der Waals surface area contributed by atoms with Crippen molar-refractivity contribution in [2.24, 2.45) is 4.99 Å². The SMILES string of the molecule is CCOC(=O)C1=C(C)N=c2s/c(=C\c3c(OCc4ccccc4)ccc4ccccc34)c(=O)n2[C@H]1c1ccc(C)cc1. The third-order valence-corrected chi connectivity index (χ3v) is 8.34. The molecule has 5 aromatic rings. The Balaban J connectivity index is 1.53. The van der Waals surface area contributed by atoms with E-state index in [9.17, 15) is 9.59 Å². The van der Waals surface area contributed by atoms with Gasteiger partial charge in [0.05, 0.1) is 28.5 Å². The molecule has 0 saturated carbocycles. The maximum atomic E-state index is 14.2. The first-order chi connectivity index (χ1) is 20.4. The summed E-state index contributed by atoms with van der Waals surface area (Å²) in [6, 6.07) is 29.2. The van der Waals surface area contributed by atoms with Crippen LogP contribution in [0.2, 0.25) is 0 Å². The van der Waals surface area contributed by atoms with Crippen LogP contribution in [-0.4, -0.2) is 17.1 Å². The number of hydrogen-bond acceptors (Lipinski definition) is 6. The van der Waals surface area contributed by atoms with Crippen molar-refractivity contribution in [3.05, 3.63) is 144 Å². The van der Waals surface area contributed by atoms with Gasteiger partial charge < -0.3 is 9.47 Å². The number of thiazole rings is 1. The van der Waals surface area contributed by atoms with Gasteiger partial charge >= 0.3 is 5.97 Å². The summed E-state index contributed by atoms with van der Waals surface area (Å²) in [5, 5.41) is 2.02. The van der Waals surface area contributed by atoms with Gasteiger partial charge in [-0.1, -0.05) is 102 Å². The molecule has 1 atom stereocenters. The fraction of sp³-hybridized carbons (Fsp3) is 0.171. The zero-order valence-corrected chi connectivity index (χ0v) is 24.5. The molecule has 0 amide bonds. The molecule has 42 heavy (non-hydrogen) atoms. The molecule has 1 aliphatic heterocycles. The molecule has 0 unspecified atom stereocenters. The Morgan fingerprint density at radius 2 is 1.69 bits per heavy atom. The molecular formula is C35H30N2O4S. The number of benzene rings is 4. The quantitative estimate of drug-likeness (QED) is 0.229. The smallest absolute Gasteiger partial charge is 0.338 e. The fourth-order valence-corrected chi connectivity index (χ4v) is 6.30. The predicted molar refractivity (Wildman–Crippen MR) is 166 cm³/mol. The van der Waals surface area contributed by atoms with Gasteiger partial charge in [-0.15, -0.1) is 0 Å². The van der Waals surface area contributed by atoms with Gasteiger partial charge in [0, 0.05) is 5.56 Å². The van der Waals surface area contributed by atoms with Crippen molar-refractivity contribution in [3.8, 4) is 5.75 Å². The van der Waals surface area contributed by atoms with Crippen molar-refractivity contribution in [3.63, 3.8) is 0 Å². The minimum Gasteiger partial charge on any atom is -0.488 e. The van der Waals surface area contributed by atoms with Crippen LogP contribution in [0.15, 0.2) is 112 Å². The maximum Gasteiger partial charge on any atom is 0.338 e. The molecule has 4 aromatic carbocycles. The first-order valence-electron chi connectivity index (χ1n) is 13.9. The molecule has 0 bridgehead atoms. The molecule has 1 aliphatic rings. The minimum atomic E-state index is -0.649. The van der Waals surface area contributed by atoms with Gasteiger partial charge in [-0.3, -0.25) is 9.36 Å². The van der Waals surface area contributed by atoms with E-state index >= 15 is 0 Å². The number of carbonyl (C=O) groups excluding carboxylic acids is 1. The van der Waals surface area contributed by atoms with Crippen molar-refractivity contribution >= 4 is 34.2 Å². The lowest BCUT2D eigenvalue weighted by Crippen LogP contribution is -2.39. The van der Waals surface area contributed by atoms with Crippen LogP contribution in [0.25, 0.3) is 16.8 Å². The molecule has 2 heterocycles. The number of fused-ring (bicyclic) bond motifs is 2. The minimum absolute atomic E-state index is 0.222.